The molecule has 5 nitrogen and oxygen atoms in total. The summed E-state index contributed by atoms with van der Waals surface area (Å²) >= 11 is 5.48. The molecule has 1 N–H and O–H groups in total. The second-order valence-electron chi connectivity index (χ2n) is 6.43. The maximum Gasteiger partial charge on any atom is 0.218 e. The van der Waals surface area contributed by atoms with E-state index in [0.717, 1.165) is 16.8 Å². The zero-order valence-corrected chi connectivity index (χ0v) is 16.4. The summed E-state index contributed by atoms with van der Waals surface area (Å²) in [5.74, 6) is 0.0415. The van der Waals surface area contributed by atoms with E-state index in [4.69, 9.17) is 12.2 Å². The Morgan fingerprint density at radius 2 is 1.73 bits per heavy atom. The van der Waals surface area contributed by atoms with E-state index >= 15 is 0 Å². The molecule has 0 amide bonds. The van der Waals surface area contributed by atoms with Gasteiger partial charge in [-0.3, -0.25) is 0 Å². The molecule has 1 heterocycles. The molecule has 0 radical (unpaired) electrons. The average molecular weight is 390 g/mol. The Labute approximate surface area is 160 Å². The van der Waals surface area contributed by atoms with Crippen LogP contribution in [0.4, 0.5) is 5.69 Å². The topological polar surface area (TPSA) is 52.6 Å². The first-order chi connectivity index (χ1) is 12.4. The van der Waals surface area contributed by atoms with Crippen LogP contribution in [0.3, 0.4) is 0 Å². The van der Waals surface area contributed by atoms with Crippen molar-refractivity contribution in [2.24, 2.45) is 0 Å². The molecule has 1 aliphatic heterocycles. The lowest BCUT2D eigenvalue weighted by molar-refractivity contribution is 0.268. The monoisotopic (exact) mass is 389 g/mol. The lowest BCUT2D eigenvalue weighted by atomic mass is 10.2. The van der Waals surface area contributed by atoms with Gasteiger partial charge in [0.2, 0.25) is 10.0 Å². The summed E-state index contributed by atoms with van der Waals surface area (Å²) in [7, 11) is -3.31. The molecule has 0 saturated carbocycles. The summed E-state index contributed by atoms with van der Waals surface area (Å²) < 4.78 is 26.8. The van der Waals surface area contributed by atoms with Crippen molar-refractivity contribution < 1.29 is 8.42 Å². The van der Waals surface area contributed by atoms with Gasteiger partial charge in [0.15, 0.2) is 5.11 Å². The number of hydrogen-bond acceptors (Lipinski definition) is 3. The minimum absolute atomic E-state index is 0.0415. The SMILES string of the molecule is Cc1cccc(NC(=S)N2CCN(S(=O)(=O)Cc3ccccc3)CC2)c1. The number of anilines is 1. The summed E-state index contributed by atoms with van der Waals surface area (Å²) in [5.41, 5.74) is 2.93. The van der Waals surface area contributed by atoms with Crippen LogP contribution < -0.4 is 5.32 Å². The molecular formula is C19H23N3O2S2. The highest BCUT2D eigenvalue weighted by molar-refractivity contribution is 7.88. The number of nitrogens with one attached hydrogen (secondary N) is 1. The highest BCUT2D eigenvalue weighted by Crippen LogP contribution is 2.15. The second-order valence-corrected chi connectivity index (χ2v) is 8.78. The predicted octanol–water partition coefficient (Wildman–Crippen LogP) is 2.84. The van der Waals surface area contributed by atoms with E-state index in [2.05, 4.69) is 5.32 Å². The first-order valence-electron chi connectivity index (χ1n) is 8.58. The number of piperazine rings is 1. The van der Waals surface area contributed by atoms with Gasteiger partial charge in [-0.2, -0.15) is 4.31 Å². The molecule has 26 heavy (non-hydrogen) atoms. The molecule has 138 valence electrons. The molecule has 1 fully saturated rings. The van der Waals surface area contributed by atoms with Gasteiger partial charge in [0.25, 0.3) is 0 Å². The summed E-state index contributed by atoms with van der Waals surface area (Å²) in [5, 5.41) is 3.87. The minimum atomic E-state index is -3.31. The zero-order chi connectivity index (χ0) is 18.6. The van der Waals surface area contributed by atoms with Crippen molar-refractivity contribution in [3.8, 4) is 0 Å². The van der Waals surface area contributed by atoms with Crippen LogP contribution >= 0.6 is 12.2 Å². The van der Waals surface area contributed by atoms with E-state index in [9.17, 15) is 8.42 Å². The van der Waals surface area contributed by atoms with E-state index in [1.54, 1.807) is 4.31 Å². The summed E-state index contributed by atoms with van der Waals surface area (Å²) in [4.78, 5) is 2.02. The quantitative estimate of drug-likeness (QED) is 0.815. The van der Waals surface area contributed by atoms with Crippen molar-refractivity contribution in [3.63, 3.8) is 0 Å². The van der Waals surface area contributed by atoms with Crippen molar-refractivity contribution in [3.05, 3.63) is 65.7 Å². The Morgan fingerprint density at radius 1 is 1.04 bits per heavy atom. The molecule has 0 aliphatic carbocycles. The zero-order valence-electron chi connectivity index (χ0n) is 14.8. The Hall–Kier alpha value is -1.96. The van der Waals surface area contributed by atoms with Crippen molar-refractivity contribution >= 4 is 33.0 Å². The predicted molar refractivity (Wildman–Crippen MR) is 110 cm³/mol. The molecule has 0 bridgehead atoms. The van der Waals surface area contributed by atoms with Crippen LogP contribution in [0.1, 0.15) is 11.1 Å². The standard InChI is InChI=1S/C19H23N3O2S2/c1-16-6-5-9-18(14-16)20-19(25)21-10-12-22(13-11-21)26(23,24)15-17-7-3-2-4-8-17/h2-9,14H,10-13,15H2,1H3,(H,20,25). The third kappa shape index (κ3) is 4.81. The van der Waals surface area contributed by atoms with Crippen LogP contribution in [0.5, 0.6) is 0 Å². The third-order valence-corrected chi connectivity index (χ3v) is 6.59. The second kappa shape index (κ2) is 8.16. The van der Waals surface area contributed by atoms with Gasteiger partial charge < -0.3 is 10.2 Å². The van der Waals surface area contributed by atoms with Gasteiger partial charge in [-0.25, -0.2) is 8.42 Å². The number of benzene rings is 2. The highest BCUT2D eigenvalue weighted by Gasteiger charge is 2.27. The normalized spacial score (nSPS) is 15.7. The van der Waals surface area contributed by atoms with Crippen LogP contribution in [0.15, 0.2) is 54.6 Å². The Kier molecular flexibility index (Phi) is 5.90. The summed E-state index contributed by atoms with van der Waals surface area (Å²) in [6.07, 6.45) is 0. The van der Waals surface area contributed by atoms with E-state index in [-0.39, 0.29) is 5.75 Å². The van der Waals surface area contributed by atoms with Gasteiger partial charge in [-0.1, -0.05) is 42.5 Å². The molecule has 7 heteroatoms. The van der Waals surface area contributed by atoms with Gasteiger partial charge in [0, 0.05) is 31.9 Å². The Bertz CT molecular complexity index is 861. The third-order valence-electron chi connectivity index (χ3n) is 4.38. The molecule has 1 aliphatic rings. The van der Waals surface area contributed by atoms with E-state index in [0.29, 0.717) is 31.3 Å². The fraction of sp³-hybridized carbons (Fsp3) is 0.316. The van der Waals surface area contributed by atoms with Gasteiger partial charge in [0.1, 0.15) is 0 Å². The van der Waals surface area contributed by atoms with E-state index in [1.165, 1.54) is 0 Å². The molecule has 2 aromatic rings. The van der Waals surface area contributed by atoms with Crippen LogP contribution in [-0.4, -0.2) is 48.9 Å². The van der Waals surface area contributed by atoms with E-state index < -0.39 is 10.0 Å². The molecule has 2 aromatic carbocycles. The van der Waals surface area contributed by atoms with Gasteiger partial charge in [0.05, 0.1) is 5.75 Å². The maximum atomic E-state index is 12.6. The van der Waals surface area contributed by atoms with Crippen molar-refractivity contribution in [1.82, 2.24) is 9.21 Å². The fourth-order valence-electron chi connectivity index (χ4n) is 2.97. The highest BCUT2D eigenvalue weighted by atomic mass is 32.2. The van der Waals surface area contributed by atoms with Gasteiger partial charge >= 0.3 is 0 Å². The van der Waals surface area contributed by atoms with E-state index in [1.807, 2.05) is 66.4 Å². The summed E-state index contributed by atoms with van der Waals surface area (Å²) in [6, 6.07) is 17.3. The number of hydrogen-bond donors (Lipinski definition) is 1. The first-order valence-corrected chi connectivity index (χ1v) is 10.6. The lowest BCUT2D eigenvalue weighted by Crippen LogP contribution is -2.51. The molecule has 0 unspecified atom stereocenters. The number of rotatable bonds is 4. The molecule has 3 rings (SSSR count). The number of sulfonamides is 1. The van der Waals surface area contributed by atoms with Crippen LogP contribution in [0.25, 0.3) is 0 Å². The lowest BCUT2D eigenvalue weighted by Gasteiger charge is -2.35. The Balaban J connectivity index is 1.55. The minimum Gasteiger partial charge on any atom is -0.346 e. The molecule has 0 spiro atoms. The smallest absolute Gasteiger partial charge is 0.218 e. The first kappa shape index (κ1) is 18.8. The van der Waals surface area contributed by atoms with Crippen molar-refractivity contribution in [1.29, 1.82) is 0 Å². The fourth-order valence-corrected chi connectivity index (χ4v) is 4.79. The maximum absolute atomic E-state index is 12.6. The van der Waals surface area contributed by atoms with Crippen LogP contribution in [0, 0.1) is 6.92 Å². The number of thiocarbonyl (C=S) groups is 1. The number of nitrogens with zero attached hydrogens (tertiary/aromatic N) is 2. The summed E-state index contributed by atoms with van der Waals surface area (Å²) in [6.45, 7) is 4.11. The largest absolute Gasteiger partial charge is 0.346 e. The molecule has 0 atom stereocenters. The van der Waals surface area contributed by atoms with Gasteiger partial charge in [-0.05, 0) is 42.4 Å². The Morgan fingerprint density at radius 3 is 2.38 bits per heavy atom. The molecular weight excluding hydrogens is 366 g/mol. The van der Waals surface area contributed by atoms with Crippen LogP contribution in [0.2, 0.25) is 0 Å². The van der Waals surface area contributed by atoms with Gasteiger partial charge in [-0.15, -0.1) is 0 Å². The molecule has 0 aromatic heterocycles. The van der Waals surface area contributed by atoms with Crippen molar-refractivity contribution in [2.45, 2.75) is 12.7 Å². The average Bonchev–Trinajstić information content (AvgIpc) is 2.62. The molecule has 1 saturated heterocycles. The van der Waals surface area contributed by atoms with Crippen molar-refractivity contribution in [2.75, 3.05) is 31.5 Å². The van der Waals surface area contributed by atoms with Crippen LogP contribution in [-0.2, 0) is 15.8 Å². The number of aryl methyl sites for hydroxylation is 1.